The maximum absolute atomic E-state index is 9.41. The molecule has 0 bridgehead atoms. The van der Waals surface area contributed by atoms with Crippen LogP contribution in [0.1, 0.15) is 11.3 Å². The minimum Gasteiger partial charge on any atom is -0.284 e. The predicted molar refractivity (Wildman–Crippen MR) is 108 cm³/mol. The van der Waals surface area contributed by atoms with Crippen LogP contribution in [0.2, 0.25) is 0 Å². The minimum atomic E-state index is 0.541. The van der Waals surface area contributed by atoms with E-state index in [1.54, 1.807) is 11.0 Å². The molecule has 7 heteroatoms. The molecule has 0 aliphatic carbocycles. The molecule has 0 atom stereocenters. The van der Waals surface area contributed by atoms with Crippen LogP contribution in [0.5, 0.6) is 0 Å². The van der Waals surface area contributed by atoms with Gasteiger partial charge in [-0.2, -0.15) is 10.4 Å². The lowest BCUT2D eigenvalue weighted by molar-refractivity contribution is 0.670. The van der Waals surface area contributed by atoms with Gasteiger partial charge in [-0.1, -0.05) is 36.4 Å². The Morgan fingerprint density at radius 3 is 2.76 bits per heavy atom. The monoisotopic (exact) mass is 377 g/mol. The molecule has 7 nitrogen and oxygen atoms in total. The fourth-order valence-corrected chi connectivity index (χ4v) is 3.37. The van der Waals surface area contributed by atoms with Gasteiger partial charge in [0.25, 0.3) is 0 Å². The maximum Gasteiger partial charge on any atom is 0.234 e. The first-order chi connectivity index (χ1) is 14.3. The summed E-state index contributed by atoms with van der Waals surface area (Å²) in [4.78, 5) is 13.1. The smallest absolute Gasteiger partial charge is 0.234 e. The fourth-order valence-electron chi connectivity index (χ4n) is 3.37. The molecule has 5 rings (SSSR count). The maximum atomic E-state index is 9.41. The molecule has 0 amide bonds. The van der Waals surface area contributed by atoms with Crippen molar-refractivity contribution in [3.63, 3.8) is 0 Å². The average Bonchev–Trinajstić information content (AvgIpc) is 3.43. The highest BCUT2D eigenvalue weighted by Gasteiger charge is 2.10. The van der Waals surface area contributed by atoms with Gasteiger partial charge in [0, 0.05) is 11.8 Å². The van der Waals surface area contributed by atoms with E-state index in [1.807, 2.05) is 65.3 Å². The second kappa shape index (κ2) is 7.02. The number of benzene rings is 2. The second-order valence-electron chi connectivity index (χ2n) is 6.56. The number of hydrogen-bond acceptors (Lipinski definition) is 5. The molecule has 0 aliphatic heterocycles. The molecule has 138 valence electrons. The van der Waals surface area contributed by atoms with E-state index in [0.29, 0.717) is 17.9 Å². The van der Waals surface area contributed by atoms with E-state index >= 15 is 0 Å². The molecule has 0 unspecified atom stereocenters. The fraction of sp³-hybridized carbons (Fsp3) is 0.0455. The average molecular weight is 377 g/mol. The summed E-state index contributed by atoms with van der Waals surface area (Å²) in [7, 11) is 0. The lowest BCUT2D eigenvalue weighted by Gasteiger charge is -2.08. The first-order valence-corrected chi connectivity index (χ1v) is 9.07. The molecule has 3 heterocycles. The highest BCUT2D eigenvalue weighted by atomic mass is 15.3. The molecule has 0 aliphatic rings. The van der Waals surface area contributed by atoms with Crippen LogP contribution in [0.4, 0.5) is 0 Å². The van der Waals surface area contributed by atoms with E-state index in [-0.39, 0.29) is 0 Å². The van der Waals surface area contributed by atoms with Crippen LogP contribution in [-0.2, 0) is 6.54 Å². The zero-order valence-electron chi connectivity index (χ0n) is 15.3. The molecule has 0 saturated heterocycles. The summed E-state index contributed by atoms with van der Waals surface area (Å²) in [6.45, 7) is 0.541. The van der Waals surface area contributed by atoms with Crippen LogP contribution in [-0.4, -0.2) is 29.1 Å². The van der Waals surface area contributed by atoms with Crippen molar-refractivity contribution in [2.45, 2.75) is 6.54 Å². The zero-order valence-corrected chi connectivity index (χ0v) is 15.3. The first kappa shape index (κ1) is 16.8. The van der Waals surface area contributed by atoms with Gasteiger partial charge in [-0.15, -0.1) is 0 Å². The van der Waals surface area contributed by atoms with Crippen molar-refractivity contribution in [1.82, 2.24) is 29.1 Å². The SMILES string of the molecule is N#Cc1ccccc1-c1cccc(-c2cnc3nc(Cn4cncn4)ccn23)c1. The number of hydrogen-bond donors (Lipinski definition) is 0. The third-order valence-corrected chi connectivity index (χ3v) is 4.74. The van der Waals surface area contributed by atoms with E-state index < -0.39 is 0 Å². The zero-order chi connectivity index (χ0) is 19.6. The highest BCUT2D eigenvalue weighted by molar-refractivity contribution is 5.75. The van der Waals surface area contributed by atoms with Gasteiger partial charge in [-0.3, -0.25) is 4.40 Å². The Balaban J connectivity index is 1.54. The predicted octanol–water partition coefficient (Wildman–Crippen LogP) is 3.57. The first-order valence-electron chi connectivity index (χ1n) is 9.07. The van der Waals surface area contributed by atoms with E-state index in [1.165, 1.54) is 6.33 Å². The molecule has 29 heavy (non-hydrogen) atoms. The Labute approximate surface area is 166 Å². The van der Waals surface area contributed by atoms with Crippen molar-refractivity contribution in [2.75, 3.05) is 0 Å². The largest absolute Gasteiger partial charge is 0.284 e. The molecule has 5 aromatic rings. The lowest BCUT2D eigenvalue weighted by atomic mass is 9.98. The van der Waals surface area contributed by atoms with Crippen LogP contribution in [0, 0.1) is 11.3 Å². The van der Waals surface area contributed by atoms with Gasteiger partial charge in [-0.05, 0) is 29.3 Å². The second-order valence-corrected chi connectivity index (χ2v) is 6.56. The number of fused-ring (bicyclic) bond motifs is 1. The van der Waals surface area contributed by atoms with Crippen LogP contribution < -0.4 is 0 Å². The molecule has 0 saturated carbocycles. The number of imidazole rings is 1. The molecule has 3 aromatic heterocycles. The van der Waals surface area contributed by atoms with Crippen LogP contribution in [0.25, 0.3) is 28.2 Å². The molecular formula is C22H15N7. The van der Waals surface area contributed by atoms with Crippen LogP contribution in [0.15, 0.2) is 79.6 Å². The number of nitriles is 1. The van der Waals surface area contributed by atoms with E-state index in [9.17, 15) is 5.26 Å². The third-order valence-electron chi connectivity index (χ3n) is 4.74. The topological polar surface area (TPSA) is 84.7 Å². The van der Waals surface area contributed by atoms with Crippen molar-refractivity contribution in [2.24, 2.45) is 0 Å². The molecule has 2 aromatic carbocycles. The Morgan fingerprint density at radius 2 is 1.90 bits per heavy atom. The molecular weight excluding hydrogens is 362 g/mol. The standard InChI is InChI=1S/C22H15N7/c23-11-18-4-1-2-7-20(18)16-5-3-6-17(10-16)21-12-25-22-27-19(8-9-29(21)22)13-28-15-24-14-26-28/h1-10,12,14-15H,13H2. The summed E-state index contributed by atoms with van der Waals surface area (Å²) in [5.41, 5.74) is 5.37. The van der Waals surface area contributed by atoms with Gasteiger partial charge in [0.15, 0.2) is 0 Å². The van der Waals surface area contributed by atoms with Gasteiger partial charge in [0.05, 0.1) is 35.8 Å². The summed E-state index contributed by atoms with van der Waals surface area (Å²) >= 11 is 0. The van der Waals surface area contributed by atoms with E-state index in [0.717, 1.165) is 28.1 Å². The number of nitrogens with zero attached hydrogens (tertiary/aromatic N) is 7. The van der Waals surface area contributed by atoms with E-state index in [2.05, 4.69) is 32.2 Å². The Bertz CT molecular complexity index is 1340. The van der Waals surface area contributed by atoms with E-state index in [4.69, 9.17) is 0 Å². The number of aromatic nitrogens is 6. The van der Waals surface area contributed by atoms with Crippen molar-refractivity contribution < 1.29 is 0 Å². The molecule has 0 spiro atoms. The summed E-state index contributed by atoms with van der Waals surface area (Å²) in [5.74, 6) is 0.625. The van der Waals surface area contributed by atoms with Crippen molar-refractivity contribution in [3.8, 4) is 28.5 Å². The van der Waals surface area contributed by atoms with Crippen molar-refractivity contribution >= 4 is 5.78 Å². The Kier molecular flexibility index (Phi) is 4.07. The minimum absolute atomic E-state index is 0.541. The summed E-state index contributed by atoms with van der Waals surface area (Å²) in [6, 6.07) is 19.9. The van der Waals surface area contributed by atoms with Gasteiger partial charge in [0.2, 0.25) is 5.78 Å². The Hall–Kier alpha value is -4.31. The van der Waals surface area contributed by atoms with Crippen LogP contribution in [0.3, 0.4) is 0 Å². The van der Waals surface area contributed by atoms with Crippen molar-refractivity contribution in [1.29, 1.82) is 5.26 Å². The molecule has 0 radical (unpaired) electrons. The normalized spacial score (nSPS) is 10.9. The van der Waals surface area contributed by atoms with Gasteiger partial charge < -0.3 is 0 Å². The summed E-state index contributed by atoms with van der Waals surface area (Å²) in [6.07, 6.45) is 6.95. The summed E-state index contributed by atoms with van der Waals surface area (Å²) in [5, 5.41) is 13.5. The molecule has 0 fully saturated rings. The highest BCUT2D eigenvalue weighted by Crippen LogP contribution is 2.28. The quantitative estimate of drug-likeness (QED) is 0.478. The van der Waals surface area contributed by atoms with Gasteiger partial charge in [0.1, 0.15) is 12.7 Å². The van der Waals surface area contributed by atoms with Gasteiger partial charge >= 0.3 is 0 Å². The lowest BCUT2D eigenvalue weighted by Crippen LogP contribution is -2.03. The third kappa shape index (κ3) is 3.13. The molecule has 0 N–H and O–H groups in total. The van der Waals surface area contributed by atoms with Gasteiger partial charge in [-0.25, -0.2) is 19.6 Å². The Morgan fingerprint density at radius 1 is 1.00 bits per heavy atom. The number of rotatable bonds is 4. The van der Waals surface area contributed by atoms with Crippen LogP contribution >= 0.6 is 0 Å². The summed E-state index contributed by atoms with van der Waals surface area (Å²) < 4.78 is 3.68. The van der Waals surface area contributed by atoms with Crippen molar-refractivity contribution in [3.05, 3.63) is 90.9 Å².